The summed E-state index contributed by atoms with van der Waals surface area (Å²) in [6.07, 6.45) is 8.34. The third-order valence-electron chi connectivity index (χ3n) is 18.6. The van der Waals surface area contributed by atoms with Crippen molar-refractivity contribution in [1.29, 1.82) is 0 Å². The van der Waals surface area contributed by atoms with Gasteiger partial charge < -0.3 is 13.7 Å². The molecule has 68 heavy (non-hydrogen) atoms. The van der Waals surface area contributed by atoms with Gasteiger partial charge in [0, 0.05) is 49.5 Å². The highest BCUT2D eigenvalue weighted by Crippen LogP contribution is 2.87. The molecule has 3 heterocycles. The van der Waals surface area contributed by atoms with Crippen molar-refractivity contribution in [2.45, 2.75) is 57.8 Å². The Morgan fingerprint density at radius 3 is 2.24 bits per heavy atom. The summed E-state index contributed by atoms with van der Waals surface area (Å²) < 4.78 is 13.6. The van der Waals surface area contributed by atoms with Gasteiger partial charge in [0.15, 0.2) is 5.84 Å². The van der Waals surface area contributed by atoms with E-state index in [9.17, 15) is 0 Å². The van der Waals surface area contributed by atoms with Crippen LogP contribution in [-0.4, -0.2) is 11.5 Å². The fourth-order valence-electron chi connectivity index (χ4n) is 16.6. The van der Waals surface area contributed by atoms with Gasteiger partial charge in [-0.05, 0) is 151 Å². The van der Waals surface area contributed by atoms with Crippen LogP contribution >= 0.6 is 0 Å². The quantitative estimate of drug-likeness (QED) is 0.123. The summed E-state index contributed by atoms with van der Waals surface area (Å²) in [4.78, 5) is 13.0. The van der Waals surface area contributed by atoms with E-state index >= 15 is 0 Å². The van der Waals surface area contributed by atoms with Crippen LogP contribution in [0.25, 0.3) is 49.6 Å². The molecule has 4 bridgehead atoms. The Balaban J connectivity index is 0.939. The topological polar surface area (TPSA) is 54.2 Å². The lowest BCUT2D eigenvalue weighted by Gasteiger charge is -2.77. The van der Waals surface area contributed by atoms with Crippen molar-refractivity contribution in [3.63, 3.8) is 0 Å². The van der Waals surface area contributed by atoms with E-state index < -0.39 is 0 Å². The molecule has 16 rings (SSSR count). The van der Waals surface area contributed by atoms with Crippen LogP contribution in [0.15, 0.2) is 183 Å². The second-order valence-corrected chi connectivity index (χ2v) is 21.3. The van der Waals surface area contributed by atoms with Gasteiger partial charge in [0.1, 0.15) is 22.3 Å². The molecule has 2 aromatic heterocycles. The second kappa shape index (κ2) is 14.0. The number of aliphatic imine (C=N–C) groups is 2. The van der Waals surface area contributed by atoms with E-state index in [0.717, 1.165) is 90.8 Å². The Morgan fingerprint density at radius 2 is 1.38 bits per heavy atom. The standard InChI is InChI=1S/C63H53N3O2/c1-4-42-31-50-41-28-38-29-47-51(30-41)62(50,35-38)60(47)63(42)49-22-12-13-23-53(49)66(54-33-46-45-20-11-14-24-55(45)68-58(46)34-52(54)63)43-26-27-56-48(32-43)59-44(21-15-25-57(59)67-56)37(3)65-61(40-18-9-6-10-19-40)64-36(2)39-16-7-5-8-17-39/h5-27,32-34,38,41-42,47,50-51,60H,3-4,28-31,35H2,1-2H3. The van der Waals surface area contributed by atoms with Crippen LogP contribution in [0, 0.1) is 46.8 Å². The summed E-state index contributed by atoms with van der Waals surface area (Å²) >= 11 is 0. The van der Waals surface area contributed by atoms with E-state index in [1.807, 2.05) is 49.4 Å². The summed E-state index contributed by atoms with van der Waals surface area (Å²) in [6, 6.07) is 56.8. The third kappa shape index (κ3) is 5.02. The predicted octanol–water partition coefficient (Wildman–Crippen LogP) is 16.2. The Labute approximate surface area is 396 Å². The summed E-state index contributed by atoms with van der Waals surface area (Å²) in [6.45, 7) is 9.18. The van der Waals surface area contributed by atoms with Gasteiger partial charge in [-0.1, -0.05) is 129 Å². The smallest absolute Gasteiger partial charge is 0.160 e. The lowest BCUT2D eigenvalue weighted by atomic mass is 9.27. The maximum atomic E-state index is 6.87. The molecule has 9 atom stereocenters. The van der Waals surface area contributed by atoms with E-state index in [-0.39, 0.29) is 5.41 Å². The van der Waals surface area contributed by atoms with Crippen LogP contribution < -0.4 is 4.90 Å². The minimum Gasteiger partial charge on any atom is -0.456 e. The molecule has 0 saturated heterocycles. The minimum absolute atomic E-state index is 0.105. The van der Waals surface area contributed by atoms with Crippen molar-refractivity contribution in [2.75, 3.05) is 4.90 Å². The van der Waals surface area contributed by atoms with Crippen molar-refractivity contribution >= 4 is 78.2 Å². The number of hydrogen-bond donors (Lipinski definition) is 0. The summed E-state index contributed by atoms with van der Waals surface area (Å²) in [5, 5.41) is 4.39. The molecule has 0 N–H and O–H groups in total. The highest BCUT2D eigenvalue weighted by Gasteiger charge is 2.82. The molecule has 1 aliphatic heterocycles. The van der Waals surface area contributed by atoms with Gasteiger partial charge in [0.25, 0.3) is 0 Å². The highest BCUT2D eigenvalue weighted by molar-refractivity contribution is 6.15. The maximum Gasteiger partial charge on any atom is 0.160 e. The van der Waals surface area contributed by atoms with Gasteiger partial charge in [0.05, 0.1) is 17.1 Å². The lowest BCUT2D eigenvalue weighted by Crippen LogP contribution is -2.73. The first-order valence-electron chi connectivity index (χ1n) is 25.2. The Morgan fingerprint density at radius 1 is 0.632 bits per heavy atom. The van der Waals surface area contributed by atoms with Crippen molar-refractivity contribution in [1.82, 2.24) is 0 Å². The average molecular weight is 884 g/mol. The third-order valence-corrected chi connectivity index (χ3v) is 18.6. The Hall–Kier alpha value is -6.98. The fourth-order valence-corrected chi connectivity index (χ4v) is 16.6. The van der Waals surface area contributed by atoms with Crippen LogP contribution in [0.1, 0.15) is 80.2 Å². The molecule has 332 valence electrons. The van der Waals surface area contributed by atoms with E-state index in [1.165, 1.54) is 71.8 Å². The minimum atomic E-state index is -0.105. The average Bonchev–Trinajstić information content (AvgIpc) is 3.97. The number of furan rings is 2. The molecule has 9 aromatic rings. The first kappa shape index (κ1) is 39.1. The molecule has 6 fully saturated rings. The normalized spacial score (nSPS) is 28.7. The van der Waals surface area contributed by atoms with E-state index in [0.29, 0.717) is 28.8 Å². The molecule has 0 amide bonds. The zero-order chi connectivity index (χ0) is 45.0. The van der Waals surface area contributed by atoms with Crippen molar-refractivity contribution in [2.24, 2.45) is 56.8 Å². The SMILES string of the molecule is C=C(N=C(N=C(C)c1ccccc1)c1ccccc1)c1cccc2oc3ccc(N4c5ccccc5C5(c6cc7oc8ccccc8c7cc64)C(CC)CC4C6CC7CC8C(C6)C4(C7)C85)cc3c12. The Kier molecular flexibility index (Phi) is 8.07. The first-order valence-corrected chi connectivity index (χ1v) is 25.2. The van der Waals surface area contributed by atoms with Gasteiger partial charge in [-0.2, -0.15) is 0 Å². The molecular formula is C63H53N3O2. The number of rotatable bonds is 6. The zero-order valence-corrected chi connectivity index (χ0v) is 38.7. The number of benzene rings is 7. The number of anilines is 3. The van der Waals surface area contributed by atoms with Crippen LogP contribution in [0.3, 0.4) is 0 Å². The van der Waals surface area contributed by atoms with Crippen molar-refractivity contribution in [3.05, 3.63) is 192 Å². The van der Waals surface area contributed by atoms with Crippen molar-refractivity contribution in [3.8, 4) is 0 Å². The molecule has 5 heteroatoms. The molecule has 5 nitrogen and oxygen atoms in total. The molecule has 7 aromatic carbocycles. The number of fused-ring (bicyclic) bond motifs is 10. The van der Waals surface area contributed by atoms with Gasteiger partial charge >= 0.3 is 0 Å². The van der Waals surface area contributed by atoms with Crippen LogP contribution in [-0.2, 0) is 5.41 Å². The molecule has 7 aliphatic rings. The number of hydrogen-bond acceptors (Lipinski definition) is 4. The van der Waals surface area contributed by atoms with E-state index in [4.69, 9.17) is 18.8 Å². The number of nitrogens with zero attached hydrogens (tertiary/aromatic N) is 3. The molecular weight excluding hydrogens is 831 g/mol. The zero-order valence-electron chi connectivity index (χ0n) is 38.7. The summed E-state index contributed by atoms with van der Waals surface area (Å²) in [7, 11) is 0. The molecule has 2 spiro atoms. The van der Waals surface area contributed by atoms with Crippen LogP contribution in [0.4, 0.5) is 17.1 Å². The lowest BCUT2D eigenvalue weighted by molar-refractivity contribution is -0.257. The van der Waals surface area contributed by atoms with Crippen LogP contribution in [0.5, 0.6) is 0 Å². The molecule has 6 aliphatic carbocycles. The van der Waals surface area contributed by atoms with Gasteiger partial charge in [-0.25, -0.2) is 9.98 Å². The van der Waals surface area contributed by atoms with E-state index in [2.05, 4.69) is 134 Å². The van der Waals surface area contributed by atoms with Crippen LogP contribution in [0.2, 0.25) is 0 Å². The van der Waals surface area contributed by atoms with Gasteiger partial charge in [-0.15, -0.1) is 0 Å². The molecule has 6 saturated carbocycles. The number of para-hydroxylation sites is 2. The van der Waals surface area contributed by atoms with Crippen molar-refractivity contribution < 1.29 is 8.83 Å². The summed E-state index contributed by atoms with van der Waals surface area (Å²) in [5.41, 5.74) is 15.1. The molecule has 0 radical (unpaired) electrons. The molecule has 9 unspecified atom stereocenters. The van der Waals surface area contributed by atoms with Gasteiger partial charge in [0.2, 0.25) is 0 Å². The monoisotopic (exact) mass is 883 g/mol. The number of amidine groups is 1. The van der Waals surface area contributed by atoms with Gasteiger partial charge in [-0.3, -0.25) is 0 Å². The fraction of sp³-hybridized carbons (Fsp3) is 0.270. The second-order valence-electron chi connectivity index (χ2n) is 21.3. The Bertz CT molecular complexity index is 3650. The largest absolute Gasteiger partial charge is 0.456 e. The van der Waals surface area contributed by atoms with E-state index in [1.54, 1.807) is 0 Å². The highest BCUT2D eigenvalue weighted by atomic mass is 16.3. The maximum absolute atomic E-state index is 6.87. The first-order chi connectivity index (χ1) is 33.4. The predicted molar refractivity (Wildman–Crippen MR) is 277 cm³/mol. The summed E-state index contributed by atoms with van der Waals surface area (Å²) in [5.74, 6) is 6.20.